The van der Waals surface area contributed by atoms with Gasteiger partial charge in [0.1, 0.15) is 0 Å². The van der Waals surface area contributed by atoms with Crippen LogP contribution in [0.3, 0.4) is 0 Å². The van der Waals surface area contributed by atoms with Crippen molar-refractivity contribution >= 4 is 0 Å². The lowest BCUT2D eigenvalue weighted by molar-refractivity contribution is 0.0677. The third kappa shape index (κ3) is 2.61. The summed E-state index contributed by atoms with van der Waals surface area (Å²) in [6.45, 7) is 7.81. The third-order valence-corrected chi connectivity index (χ3v) is 2.56. The van der Waals surface area contributed by atoms with Gasteiger partial charge in [-0.05, 0) is 24.3 Å². The molecule has 2 nitrogen and oxygen atoms in total. The van der Waals surface area contributed by atoms with Crippen molar-refractivity contribution in [2.45, 2.75) is 40.2 Å². The summed E-state index contributed by atoms with van der Waals surface area (Å²) in [7, 11) is 0. The van der Waals surface area contributed by atoms with Crippen molar-refractivity contribution in [2.75, 3.05) is 6.61 Å². The minimum atomic E-state index is -0.530. The van der Waals surface area contributed by atoms with E-state index in [-0.39, 0.29) is 12.0 Å². The van der Waals surface area contributed by atoms with Crippen LogP contribution in [-0.2, 0) is 0 Å². The predicted octanol–water partition coefficient (Wildman–Crippen LogP) is 1.72. The van der Waals surface area contributed by atoms with Gasteiger partial charge in [-0.2, -0.15) is 0 Å². The lowest BCUT2D eigenvalue weighted by Crippen LogP contribution is -2.31. The molecule has 1 atom stereocenters. The van der Waals surface area contributed by atoms with E-state index in [2.05, 4.69) is 0 Å². The maximum Gasteiger partial charge on any atom is 0.0822 e. The highest BCUT2D eigenvalue weighted by atomic mass is 16.3. The Bertz CT molecular complexity index is 159. The zero-order valence-corrected chi connectivity index (χ0v) is 8.46. The van der Waals surface area contributed by atoms with E-state index in [1.807, 2.05) is 27.7 Å². The zero-order chi connectivity index (χ0) is 9.78. The van der Waals surface area contributed by atoms with Gasteiger partial charge in [0.25, 0.3) is 0 Å². The quantitative estimate of drug-likeness (QED) is 0.634. The van der Waals surface area contributed by atoms with Gasteiger partial charge in [-0.25, -0.2) is 0 Å². The lowest BCUT2D eigenvalue weighted by Gasteiger charge is -2.30. The summed E-state index contributed by atoms with van der Waals surface area (Å²) >= 11 is 0. The van der Waals surface area contributed by atoms with Crippen LogP contribution in [0.2, 0.25) is 0 Å². The smallest absolute Gasteiger partial charge is 0.0822 e. The Labute approximate surface area is 74.9 Å². The van der Waals surface area contributed by atoms with E-state index < -0.39 is 6.10 Å². The molecule has 0 heterocycles. The van der Waals surface area contributed by atoms with Crippen molar-refractivity contribution in [1.82, 2.24) is 0 Å². The predicted molar refractivity (Wildman–Crippen MR) is 50.9 cm³/mol. The lowest BCUT2D eigenvalue weighted by atomic mass is 9.80. The minimum absolute atomic E-state index is 0.0545. The highest BCUT2D eigenvalue weighted by Crippen LogP contribution is 2.28. The van der Waals surface area contributed by atoms with Crippen LogP contribution in [0.5, 0.6) is 0 Å². The van der Waals surface area contributed by atoms with E-state index in [0.717, 1.165) is 6.42 Å². The van der Waals surface area contributed by atoms with Crippen molar-refractivity contribution < 1.29 is 10.2 Å². The van der Waals surface area contributed by atoms with E-state index in [1.54, 1.807) is 6.08 Å². The summed E-state index contributed by atoms with van der Waals surface area (Å²) < 4.78 is 0. The van der Waals surface area contributed by atoms with Gasteiger partial charge in [-0.3, -0.25) is 0 Å². The number of hydrogen-bond acceptors (Lipinski definition) is 2. The second-order valence-corrected chi connectivity index (χ2v) is 3.77. The molecule has 72 valence electrons. The number of hydrogen-bond donors (Lipinski definition) is 2. The van der Waals surface area contributed by atoms with Crippen LogP contribution in [0.4, 0.5) is 0 Å². The Hall–Kier alpha value is -0.340. The molecule has 0 aromatic rings. The van der Waals surface area contributed by atoms with Crippen molar-refractivity contribution in [3.05, 3.63) is 11.6 Å². The molecule has 0 saturated carbocycles. The standard InChI is InChI=1S/C10H20O2/c1-5-8(7-11)9(12)10(3,4)6-2/h5,9,11-12H,6-7H2,1-4H3. The van der Waals surface area contributed by atoms with Crippen molar-refractivity contribution in [1.29, 1.82) is 0 Å². The van der Waals surface area contributed by atoms with Gasteiger partial charge < -0.3 is 10.2 Å². The molecule has 0 aliphatic rings. The van der Waals surface area contributed by atoms with Crippen LogP contribution in [-0.4, -0.2) is 22.9 Å². The molecule has 12 heavy (non-hydrogen) atoms. The molecule has 0 saturated heterocycles. The maximum atomic E-state index is 9.81. The summed E-state index contributed by atoms with van der Waals surface area (Å²) in [4.78, 5) is 0. The molecule has 0 aliphatic heterocycles. The average molecular weight is 172 g/mol. The Balaban J connectivity index is 4.46. The third-order valence-electron chi connectivity index (χ3n) is 2.56. The minimum Gasteiger partial charge on any atom is -0.392 e. The summed E-state index contributed by atoms with van der Waals surface area (Å²) in [6.07, 6.45) is 2.14. The van der Waals surface area contributed by atoms with E-state index in [4.69, 9.17) is 5.11 Å². The monoisotopic (exact) mass is 172 g/mol. The van der Waals surface area contributed by atoms with E-state index in [9.17, 15) is 5.11 Å². The first-order valence-electron chi connectivity index (χ1n) is 4.43. The van der Waals surface area contributed by atoms with E-state index >= 15 is 0 Å². The molecular weight excluding hydrogens is 152 g/mol. The molecule has 1 unspecified atom stereocenters. The number of allylic oxidation sites excluding steroid dienone is 1. The highest BCUT2D eigenvalue weighted by molar-refractivity contribution is 5.10. The Morgan fingerprint density at radius 1 is 1.50 bits per heavy atom. The van der Waals surface area contributed by atoms with Crippen LogP contribution in [0.1, 0.15) is 34.1 Å². The van der Waals surface area contributed by atoms with E-state index in [0.29, 0.717) is 5.57 Å². The molecule has 0 aromatic carbocycles. The Morgan fingerprint density at radius 3 is 2.25 bits per heavy atom. The molecule has 0 bridgehead atoms. The molecule has 2 heteroatoms. The molecule has 0 amide bonds. The van der Waals surface area contributed by atoms with Crippen molar-refractivity contribution in [3.8, 4) is 0 Å². The molecule has 0 spiro atoms. The van der Waals surface area contributed by atoms with Gasteiger partial charge in [0, 0.05) is 0 Å². The zero-order valence-electron chi connectivity index (χ0n) is 8.46. The summed E-state index contributed by atoms with van der Waals surface area (Å²) in [5.41, 5.74) is 0.562. The first kappa shape index (κ1) is 11.7. The van der Waals surface area contributed by atoms with Crippen LogP contribution in [0, 0.1) is 5.41 Å². The van der Waals surface area contributed by atoms with E-state index in [1.165, 1.54) is 0 Å². The Morgan fingerprint density at radius 2 is 2.00 bits per heavy atom. The summed E-state index contributed by atoms with van der Waals surface area (Å²) in [5.74, 6) is 0. The normalized spacial score (nSPS) is 16.3. The first-order valence-corrected chi connectivity index (χ1v) is 4.43. The summed E-state index contributed by atoms with van der Waals surface area (Å²) in [5, 5.41) is 18.7. The molecule has 0 radical (unpaired) electrons. The van der Waals surface area contributed by atoms with Gasteiger partial charge in [0.15, 0.2) is 0 Å². The first-order chi connectivity index (χ1) is 5.49. The van der Waals surface area contributed by atoms with Gasteiger partial charge in [-0.1, -0.05) is 26.8 Å². The van der Waals surface area contributed by atoms with Crippen molar-refractivity contribution in [2.24, 2.45) is 5.41 Å². The summed E-state index contributed by atoms with van der Waals surface area (Å²) in [6, 6.07) is 0. The topological polar surface area (TPSA) is 40.5 Å². The second kappa shape index (κ2) is 4.63. The average Bonchev–Trinajstić information content (AvgIpc) is 2.06. The fourth-order valence-electron chi connectivity index (χ4n) is 1.03. The fraction of sp³-hybridized carbons (Fsp3) is 0.800. The molecule has 0 rings (SSSR count). The molecule has 0 aromatic heterocycles. The SMILES string of the molecule is CC=C(CO)C(O)C(C)(C)CC. The number of aliphatic hydroxyl groups is 2. The van der Waals surface area contributed by atoms with Crippen LogP contribution >= 0.6 is 0 Å². The number of rotatable bonds is 4. The molecular formula is C10H20O2. The molecule has 0 aliphatic carbocycles. The van der Waals surface area contributed by atoms with Gasteiger partial charge in [-0.15, -0.1) is 0 Å². The highest BCUT2D eigenvalue weighted by Gasteiger charge is 2.27. The van der Waals surface area contributed by atoms with Gasteiger partial charge in [0.05, 0.1) is 12.7 Å². The van der Waals surface area contributed by atoms with Gasteiger partial charge in [0.2, 0.25) is 0 Å². The van der Waals surface area contributed by atoms with Crippen LogP contribution < -0.4 is 0 Å². The fourth-order valence-corrected chi connectivity index (χ4v) is 1.03. The largest absolute Gasteiger partial charge is 0.392 e. The maximum absolute atomic E-state index is 9.81. The molecule has 0 fully saturated rings. The van der Waals surface area contributed by atoms with Crippen LogP contribution in [0.25, 0.3) is 0 Å². The van der Waals surface area contributed by atoms with Gasteiger partial charge >= 0.3 is 0 Å². The number of aliphatic hydroxyl groups excluding tert-OH is 2. The van der Waals surface area contributed by atoms with Crippen LogP contribution in [0.15, 0.2) is 11.6 Å². The molecule has 2 N–H and O–H groups in total. The Kier molecular flexibility index (Phi) is 4.50. The van der Waals surface area contributed by atoms with Crippen molar-refractivity contribution in [3.63, 3.8) is 0 Å². The second-order valence-electron chi connectivity index (χ2n) is 3.77.